The Hall–Kier alpha value is -2.54. The smallest absolute Gasteiger partial charge is 0.255 e. The molecule has 0 saturated carbocycles. The number of carbonyl (C=O) groups excluding carboxylic acids is 1. The number of aromatic nitrogens is 3. The van der Waals surface area contributed by atoms with E-state index in [1.807, 2.05) is 0 Å². The minimum absolute atomic E-state index is 0.00929. The summed E-state index contributed by atoms with van der Waals surface area (Å²) in [5, 5.41) is 10.0. The van der Waals surface area contributed by atoms with Gasteiger partial charge in [0.1, 0.15) is 5.82 Å². The first-order valence-corrected chi connectivity index (χ1v) is 9.78. The molecule has 2 N–H and O–H groups in total. The van der Waals surface area contributed by atoms with E-state index in [1.54, 1.807) is 36.4 Å². The average molecular weight is 384 g/mol. The van der Waals surface area contributed by atoms with Crippen LogP contribution in [0.25, 0.3) is 11.4 Å². The van der Waals surface area contributed by atoms with Crippen LogP contribution in [0.15, 0.2) is 29.3 Å². The molecule has 0 spiro atoms. The maximum atomic E-state index is 13.1. The topological polar surface area (TPSA) is 99.2 Å². The van der Waals surface area contributed by atoms with Gasteiger partial charge < -0.3 is 15.0 Å². The molecule has 150 valence electrons. The molecular formula is C21H28N4O3. The van der Waals surface area contributed by atoms with Crippen LogP contribution in [0.3, 0.4) is 0 Å². The molecule has 7 nitrogen and oxygen atoms in total. The van der Waals surface area contributed by atoms with Crippen molar-refractivity contribution in [2.45, 2.75) is 52.0 Å². The quantitative estimate of drug-likeness (QED) is 0.794. The first kappa shape index (κ1) is 20.2. The fourth-order valence-electron chi connectivity index (χ4n) is 4.24. The Morgan fingerprint density at radius 3 is 2.68 bits per heavy atom. The highest BCUT2D eigenvalue weighted by atomic mass is 16.3. The summed E-state index contributed by atoms with van der Waals surface area (Å²) in [7, 11) is 0. The molecule has 0 radical (unpaired) electrons. The molecule has 2 aromatic heterocycles. The number of carbonyl (C=O) groups is 1. The van der Waals surface area contributed by atoms with Gasteiger partial charge in [-0.3, -0.25) is 14.6 Å². The highest BCUT2D eigenvalue weighted by molar-refractivity contribution is 5.80. The number of aliphatic hydroxyl groups excluding tert-OH is 1. The number of rotatable bonds is 6. The van der Waals surface area contributed by atoms with Crippen molar-refractivity contribution >= 4 is 5.91 Å². The van der Waals surface area contributed by atoms with E-state index in [1.165, 1.54) is 0 Å². The van der Waals surface area contributed by atoms with Gasteiger partial charge in [0, 0.05) is 35.8 Å². The number of H-pyrrole nitrogens is 1. The Morgan fingerprint density at radius 1 is 1.36 bits per heavy atom. The summed E-state index contributed by atoms with van der Waals surface area (Å²) in [5.74, 6) is 0.707. The third-order valence-electron chi connectivity index (χ3n) is 5.48. The van der Waals surface area contributed by atoms with Crippen molar-refractivity contribution in [2.24, 2.45) is 5.92 Å². The van der Waals surface area contributed by atoms with Gasteiger partial charge in [-0.1, -0.05) is 13.8 Å². The van der Waals surface area contributed by atoms with E-state index in [0.29, 0.717) is 29.5 Å². The fraction of sp³-hybridized carbons (Fsp3) is 0.524. The minimum Gasteiger partial charge on any atom is -0.394 e. The molecule has 28 heavy (non-hydrogen) atoms. The molecule has 1 amide bonds. The molecule has 1 aliphatic heterocycles. The second kappa shape index (κ2) is 8.22. The van der Waals surface area contributed by atoms with Gasteiger partial charge in [-0.05, 0) is 44.2 Å². The number of amides is 1. The van der Waals surface area contributed by atoms with Gasteiger partial charge in [0.25, 0.3) is 5.56 Å². The standard InChI is InChI=1S/C21H28N4O3/c1-14(2)12-21(13-26)7-4-10-25(21)18(27)11-17-15(3)23-19(24-20(17)28)16-5-8-22-9-6-16/h5-6,8-9,14,26H,4,7,10-13H2,1-3H3,(H,23,24,28)/t21-/m0/s1. The highest BCUT2D eigenvalue weighted by Gasteiger charge is 2.43. The van der Waals surface area contributed by atoms with Crippen molar-refractivity contribution in [1.29, 1.82) is 0 Å². The van der Waals surface area contributed by atoms with Gasteiger partial charge in [0.15, 0.2) is 0 Å². The number of likely N-dealkylation sites (tertiary alicyclic amines) is 1. The Balaban J connectivity index is 1.85. The molecular weight excluding hydrogens is 356 g/mol. The lowest BCUT2D eigenvalue weighted by Gasteiger charge is -2.38. The maximum Gasteiger partial charge on any atom is 0.255 e. The van der Waals surface area contributed by atoms with E-state index < -0.39 is 5.54 Å². The van der Waals surface area contributed by atoms with E-state index in [4.69, 9.17) is 0 Å². The van der Waals surface area contributed by atoms with Crippen LogP contribution in [0.2, 0.25) is 0 Å². The lowest BCUT2D eigenvalue weighted by Crippen LogP contribution is -2.51. The van der Waals surface area contributed by atoms with Crippen molar-refractivity contribution in [2.75, 3.05) is 13.2 Å². The molecule has 1 atom stereocenters. The second-order valence-electron chi connectivity index (χ2n) is 8.02. The van der Waals surface area contributed by atoms with Crippen LogP contribution in [-0.4, -0.2) is 49.6 Å². The van der Waals surface area contributed by atoms with Crippen LogP contribution in [0.4, 0.5) is 0 Å². The molecule has 0 unspecified atom stereocenters. The van der Waals surface area contributed by atoms with Gasteiger partial charge in [0.2, 0.25) is 5.91 Å². The SMILES string of the molecule is Cc1nc(-c2ccncc2)[nH]c(=O)c1CC(=O)N1CCC[C@@]1(CO)CC(C)C. The lowest BCUT2D eigenvalue weighted by atomic mass is 9.86. The second-order valence-corrected chi connectivity index (χ2v) is 8.02. The molecule has 1 aliphatic rings. The van der Waals surface area contributed by atoms with Crippen molar-refractivity contribution < 1.29 is 9.90 Å². The van der Waals surface area contributed by atoms with Crippen molar-refractivity contribution in [1.82, 2.24) is 19.9 Å². The molecule has 0 bridgehead atoms. The normalized spacial score (nSPS) is 19.4. The lowest BCUT2D eigenvalue weighted by molar-refractivity contribution is -0.136. The van der Waals surface area contributed by atoms with Crippen LogP contribution < -0.4 is 5.56 Å². The summed E-state index contributed by atoms with van der Waals surface area (Å²) >= 11 is 0. The summed E-state index contributed by atoms with van der Waals surface area (Å²) in [6, 6.07) is 3.54. The van der Waals surface area contributed by atoms with E-state index in [2.05, 4.69) is 28.8 Å². The zero-order valence-corrected chi connectivity index (χ0v) is 16.7. The number of nitrogens with one attached hydrogen (secondary N) is 1. The van der Waals surface area contributed by atoms with Crippen LogP contribution in [0.5, 0.6) is 0 Å². The van der Waals surface area contributed by atoms with Crippen molar-refractivity contribution in [3.8, 4) is 11.4 Å². The number of aryl methyl sites for hydroxylation is 1. The third-order valence-corrected chi connectivity index (χ3v) is 5.48. The largest absolute Gasteiger partial charge is 0.394 e. The molecule has 0 aliphatic carbocycles. The first-order valence-electron chi connectivity index (χ1n) is 9.78. The first-order chi connectivity index (χ1) is 13.4. The van der Waals surface area contributed by atoms with Crippen LogP contribution in [0.1, 0.15) is 44.4 Å². The summed E-state index contributed by atoms with van der Waals surface area (Å²) < 4.78 is 0. The van der Waals surface area contributed by atoms with E-state index >= 15 is 0 Å². The number of aromatic amines is 1. The fourth-order valence-corrected chi connectivity index (χ4v) is 4.24. The van der Waals surface area contributed by atoms with E-state index in [-0.39, 0.29) is 24.5 Å². The van der Waals surface area contributed by atoms with Gasteiger partial charge in [0.05, 0.1) is 18.6 Å². The van der Waals surface area contributed by atoms with Crippen LogP contribution in [-0.2, 0) is 11.2 Å². The molecule has 0 aromatic carbocycles. The molecule has 2 aromatic rings. The van der Waals surface area contributed by atoms with Crippen molar-refractivity contribution in [3.05, 3.63) is 46.1 Å². The Bertz CT molecular complexity index is 894. The van der Waals surface area contributed by atoms with Crippen LogP contribution in [0, 0.1) is 12.8 Å². The van der Waals surface area contributed by atoms with Crippen LogP contribution >= 0.6 is 0 Å². The number of pyridine rings is 1. The molecule has 7 heteroatoms. The molecule has 1 fully saturated rings. The monoisotopic (exact) mass is 384 g/mol. The summed E-state index contributed by atoms with van der Waals surface area (Å²) in [5.41, 5.74) is 0.873. The highest BCUT2D eigenvalue weighted by Crippen LogP contribution is 2.35. The van der Waals surface area contributed by atoms with Crippen molar-refractivity contribution in [3.63, 3.8) is 0 Å². The average Bonchev–Trinajstić information content (AvgIpc) is 3.08. The predicted molar refractivity (Wildman–Crippen MR) is 107 cm³/mol. The van der Waals surface area contributed by atoms with E-state index in [9.17, 15) is 14.7 Å². The molecule has 3 heterocycles. The predicted octanol–water partition coefficient (Wildman–Crippen LogP) is 2.08. The Labute approximate surface area is 164 Å². The Morgan fingerprint density at radius 2 is 2.07 bits per heavy atom. The zero-order valence-electron chi connectivity index (χ0n) is 16.7. The zero-order chi connectivity index (χ0) is 20.3. The minimum atomic E-state index is -0.518. The van der Waals surface area contributed by atoms with E-state index in [0.717, 1.165) is 24.8 Å². The van der Waals surface area contributed by atoms with Gasteiger partial charge in [-0.2, -0.15) is 0 Å². The molecule has 3 rings (SSSR count). The number of aliphatic hydroxyl groups is 1. The van der Waals surface area contributed by atoms with Gasteiger partial charge >= 0.3 is 0 Å². The van der Waals surface area contributed by atoms with Gasteiger partial charge in [-0.15, -0.1) is 0 Å². The Kier molecular flexibility index (Phi) is 5.93. The third kappa shape index (κ3) is 3.99. The number of nitrogens with zero attached hydrogens (tertiary/aromatic N) is 3. The summed E-state index contributed by atoms with van der Waals surface area (Å²) in [6.07, 6.45) is 5.68. The summed E-state index contributed by atoms with van der Waals surface area (Å²) in [6.45, 7) is 6.50. The molecule has 1 saturated heterocycles. The van der Waals surface area contributed by atoms with Gasteiger partial charge in [-0.25, -0.2) is 4.98 Å². The number of hydrogen-bond donors (Lipinski definition) is 2. The maximum absolute atomic E-state index is 13.1. The number of hydrogen-bond acceptors (Lipinski definition) is 5. The summed E-state index contributed by atoms with van der Waals surface area (Å²) in [4.78, 5) is 38.7.